The summed E-state index contributed by atoms with van der Waals surface area (Å²) in [5.41, 5.74) is -0.0794. The van der Waals surface area contributed by atoms with Crippen LogP contribution in [-0.2, 0) is 0 Å². The van der Waals surface area contributed by atoms with Crippen LogP contribution in [0.5, 0.6) is 5.88 Å². The Morgan fingerprint density at radius 1 is 1.42 bits per heavy atom. The summed E-state index contributed by atoms with van der Waals surface area (Å²) in [6, 6.07) is 1.57. The van der Waals surface area contributed by atoms with Gasteiger partial charge in [-0.25, -0.2) is 4.98 Å². The van der Waals surface area contributed by atoms with Gasteiger partial charge in [0.2, 0.25) is 5.88 Å². The van der Waals surface area contributed by atoms with Crippen molar-refractivity contribution in [2.24, 2.45) is 0 Å². The van der Waals surface area contributed by atoms with Gasteiger partial charge in [0.25, 0.3) is 11.5 Å². The van der Waals surface area contributed by atoms with Crippen molar-refractivity contribution in [2.75, 3.05) is 12.4 Å². The third-order valence-electron chi connectivity index (χ3n) is 2.16. The van der Waals surface area contributed by atoms with Gasteiger partial charge in [-0.15, -0.1) is 0 Å². The monoisotopic (exact) mass is 324 g/mol. The number of carbonyl (C=O) groups is 1. The van der Waals surface area contributed by atoms with Crippen LogP contribution in [0.25, 0.3) is 0 Å². The minimum Gasteiger partial charge on any atom is -0.480 e. The zero-order valence-corrected chi connectivity index (χ0v) is 11.4. The Morgan fingerprint density at radius 2 is 2.21 bits per heavy atom. The lowest BCUT2D eigenvalue weighted by Gasteiger charge is -2.06. The number of rotatable bonds is 3. The van der Waals surface area contributed by atoms with Crippen LogP contribution < -0.4 is 15.6 Å². The molecule has 0 bridgehead atoms. The van der Waals surface area contributed by atoms with Crippen molar-refractivity contribution in [2.45, 2.75) is 0 Å². The van der Waals surface area contributed by atoms with Crippen LogP contribution in [0.4, 0.5) is 5.82 Å². The molecule has 0 spiro atoms. The smallest absolute Gasteiger partial charge is 0.267 e. The molecular weight excluding hydrogens is 316 g/mol. The highest BCUT2D eigenvalue weighted by Crippen LogP contribution is 2.22. The number of methoxy groups -OCH3 is 1. The minimum absolute atomic E-state index is 0.212. The molecule has 2 N–H and O–H groups in total. The minimum atomic E-state index is -0.417. The van der Waals surface area contributed by atoms with Crippen molar-refractivity contribution in [1.82, 2.24) is 15.0 Å². The summed E-state index contributed by atoms with van der Waals surface area (Å²) in [6.07, 6.45) is 3.82. The molecule has 0 aliphatic heterocycles. The average Bonchev–Trinajstić information content (AvgIpc) is 2.38. The van der Waals surface area contributed by atoms with Gasteiger partial charge < -0.3 is 15.0 Å². The second-order valence-corrected chi connectivity index (χ2v) is 4.33. The van der Waals surface area contributed by atoms with E-state index in [0.29, 0.717) is 15.9 Å². The fourth-order valence-electron chi connectivity index (χ4n) is 1.33. The first-order chi connectivity index (χ1) is 9.10. The van der Waals surface area contributed by atoms with Crippen LogP contribution in [0.2, 0.25) is 0 Å². The van der Waals surface area contributed by atoms with Crippen LogP contribution in [0, 0.1) is 0 Å². The van der Waals surface area contributed by atoms with Gasteiger partial charge >= 0.3 is 0 Å². The van der Waals surface area contributed by atoms with Crippen molar-refractivity contribution in [3.63, 3.8) is 0 Å². The molecule has 2 aromatic heterocycles. The van der Waals surface area contributed by atoms with Gasteiger partial charge in [-0.2, -0.15) is 0 Å². The molecule has 2 heterocycles. The molecule has 0 fully saturated rings. The molecule has 0 unspecified atom stereocenters. The first-order valence-electron chi connectivity index (χ1n) is 5.15. The van der Waals surface area contributed by atoms with Gasteiger partial charge in [0.1, 0.15) is 5.82 Å². The molecule has 0 radical (unpaired) electrons. The Hall–Kier alpha value is -2.22. The Balaban J connectivity index is 2.20. The molecule has 0 saturated carbocycles. The quantitative estimate of drug-likeness (QED) is 0.883. The van der Waals surface area contributed by atoms with E-state index < -0.39 is 11.5 Å². The number of hydrogen-bond donors (Lipinski definition) is 2. The molecule has 7 nitrogen and oxygen atoms in total. The van der Waals surface area contributed by atoms with E-state index in [1.807, 2.05) is 0 Å². The Bertz CT molecular complexity index is 671. The van der Waals surface area contributed by atoms with Crippen molar-refractivity contribution < 1.29 is 9.53 Å². The number of amides is 1. The predicted octanol–water partition coefficient (Wildman–Crippen LogP) is 1.19. The summed E-state index contributed by atoms with van der Waals surface area (Å²) in [5.74, 6) is 0.176. The van der Waals surface area contributed by atoms with Crippen molar-refractivity contribution >= 4 is 27.7 Å². The average molecular weight is 325 g/mol. The number of H-pyrrole nitrogens is 1. The van der Waals surface area contributed by atoms with Crippen LogP contribution in [0.3, 0.4) is 0 Å². The Labute approximate surface area is 116 Å². The SMILES string of the molecule is COc1ncc(C(=O)Nc2cncc(=O)[nH]2)cc1Br. The number of carbonyl (C=O) groups excluding carboxylic acids is 1. The largest absolute Gasteiger partial charge is 0.480 e. The van der Waals surface area contributed by atoms with E-state index in [-0.39, 0.29) is 5.82 Å². The van der Waals surface area contributed by atoms with Gasteiger partial charge in [0, 0.05) is 6.20 Å². The molecule has 0 saturated heterocycles. The number of nitrogens with one attached hydrogen (secondary N) is 2. The molecule has 1 amide bonds. The summed E-state index contributed by atoms with van der Waals surface area (Å²) in [5, 5.41) is 2.51. The molecule has 19 heavy (non-hydrogen) atoms. The molecule has 8 heteroatoms. The second-order valence-electron chi connectivity index (χ2n) is 3.48. The summed E-state index contributed by atoms with van der Waals surface area (Å²) >= 11 is 3.23. The van der Waals surface area contributed by atoms with Gasteiger partial charge in [-0.05, 0) is 22.0 Å². The van der Waals surface area contributed by atoms with Crippen LogP contribution in [0.15, 0.2) is 33.9 Å². The normalized spacial score (nSPS) is 10.0. The number of hydrogen-bond acceptors (Lipinski definition) is 5. The summed E-state index contributed by atoms with van der Waals surface area (Å²) < 4.78 is 5.52. The number of aromatic amines is 1. The van der Waals surface area contributed by atoms with Gasteiger partial charge in [-0.1, -0.05) is 0 Å². The van der Waals surface area contributed by atoms with E-state index in [1.54, 1.807) is 6.07 Å². The summed E-state index contributed by atoms with van der Waals surface area (Å²) in [4.78, 5) is 33.0. The molecule has 2 aromatic rings. The van der Waals surface area contributed by atoms with Crippen molar-refractivity contribution in [1.29, 1.82) is 0 Å². The standard InChI is InChI=1S/C11H9BrN4O3/c1-19-11-7(12)2-6(3-14-11)10(18)16-8-4-13-5-9(17)15-8/h2-5H,1H3,(H2,15,16,17,18). The van der Waals surface area contributed by atoms with E-state index in [0.717, 1.165) is 6.20 Å². The first kappa shape index (κ1) is 13.2. The second kappa shape index (κ2) is 5.61. The molecule has 98 valence electrons. The number of aromatic nitrogens is 3. The van der Waals surface area contributed by atoms with Crippen LogP contribution in [0.1, 0.15) is 10.4 Å². The molecule has 0 aliphatic carbocycles. The molecular formula is C11H9BrN4O3. The lowest BCUT2D eigenvalue weighted by atomic mass is 10.2. The lowest BCUT2D eigenvalue weighted by molar-refractivity contribution is 0.102. The van der Waals surface area contributed by atoms with E-state index >= 15 is 0 Å². The van der Waals surface area contributed by atoms with E-state index in [9.17, 15) is 9.59 Å². The molecule has 2 rings (SSSR count). The van der Waals surface area contributed by atoms with Gasteiger partial charge in [-0.3, -0.25) is 14.6 Å². The van der Waals surface area contributed by atoms with E-state index in [4.69, 9.17) is 4.74 Å². The number of halogens is 1. The number of ether oxygens (including phenoxy) is 1. The summed E-state index contributed by atoms with van der Waals surface area (Å²) in [6.45, 7) is 0. The van der Waals surface area contributed by atoms with E-state index in [1.165, 1.54) is 19.5 Å². The molecule has 0 atom stereocenters. The zero-order chi connectivity index (χ0) is 13.8. The highest BCUT2D eigenvalue weighted by atomic mass is 79.9. The number of pyridine rings is 1. The maximum absolute atomic E-state index is 11.9. The van der Waals surface area contributed by atoms with Crippen molar-refractivity contribution in [3.8, 4) is 5.88 Å². The molecule has 0 aromatic carbocycles. The number of anilines is 1. The van der Waals surface area contributed by atoms with Crippen LogP contribution >= 0.6 is 15.9 Å². The summed E-state index contributed by atoms with van der Waals surface area (Å²) in [7, 11) is 1.48. The van der Waals surface area contributed by atoms with Crippen LogP contribution in [-0.4, -0.2) is 28.0 Å². The third kappa shape index (κ3) is 3.16. The highest BCUT2D eigenvalue weighted by Gasteiger charge is 2.10. The molecule has 0 aliphatic rings. The Kier molecular flexibility index (Phi) is 3.91. The maximum Gasteiger partial charge on any atom is 0.267 e. The van der Waals surface area contributed by atoms with Crippen molar-refractivity contribution in [3.05, 3.63) is 45.0 Å². The van der Waals surface area contributed by atoms with Gasteiger partial charge in [0.15, 0.2) is 0 Å². The lowest BCUT2D eigenvalue weighted by Crippen LogP contribution is -2.17. The topological polar surface area (TPSA) is 97.0 Å². The first-order valence-corrected chi connectivity index (χ1v) is 5.94. The Morgan fingerprint density at radius 3 is 2.84 bits per heavy atom. The maximum atomic E-state index is 11.9. The van der Waals surface area contributed by atoms with Gasteiger partial charge in [0.05, 0.1) is 29.5 Å². The predicted molar refractivity (Wildman–Crippen MR) is 71.3 cm³/mol. The fourth-order valence-corrected chi connectivity index (χ4v) is 1.85. The fraction of sp³-hybridized carbons (Fsp3) is 0.0909. The third-order valence-corrected chi connectivity index (χ3v) is 2.73. The number of nitrogens with zero attached hydrogens (tertiary/aromatic N) is 2. The highest BCUT2D eigenvalue weighted by molar-refractivity contribution is 9.10. The van der Waals surface area contributed by atoms with E-state index in [2.05, 4.69) is 36.2 Å². The zero-order valence-electron chi connectivity index (χ0n) is 9.81.